The number of hydrogen-bond donors (Lipinski definition) is 1. The Morgan fingerprint density at radius 3 is 2.89 bits per heavy atom. The Bertz CT molecular complexity index is 590. The maximum absolute atomic E-state index is 9.86. The van der Waals surface area contributed by atoms with Crippen LogP contribution in [0.4, 0.5) is 0 Å². The minimum absolute atomic E-state index is 0.230. The Hall–Kier alpha value is -1.38. The van der Waals surface area contributed by atoms with Gasteiger partial charge in [0, 0.05) is 15.5 Å². The minimum atomic E-state index is -0.230. The van der Waals surface area contributed by atoms with Crippen molar-refractivity contribution >= 4 is 21.4 Å². The summed E-state index contributed by atoms with van der Waals surface area (Å²) >= 11 is 1.85. The number of aliphatic hydroxyl groups excluding tert-OH is 1. The van der Waals surface area contributed by atoms with Crippen molar-refractivity contribution in [2.24, 2.45) is 5.92 Å². The average Bonchev–Trinajstić information content (AvgIpc) is 2.92. The van der Waals surface area contributed by atoms with E-state index in [1.165, 1.54) is 20.5 Å². The molecule has 2 heteroatoms. The number of allylic oxidation sites excluding steroid dienone is 1. The second-order valence-electron chi connectivity index (χ2n) is 5.27. The highest BCUT2D eigenvalue weighted by Gasteiger charge is 2.25. The largest absolute Gasteiger partial charge is 0.392 e. The van der Waals surface area contributed by atoms with Crippen molar-refractivity contribution in [3.05, 3.63) is 59.5 Å². The predicted octanol–water partition coefficient (Wildman–Crippen LogP) is 4.33. The molecule has 1 aromatic heterocycles. The van der Waals surface area contributed by atoms with Gasteiger partial charge in [-0.2, -0.15) is 0 Å². The lowest BCUT2D eigenvalue weighted by Crippen LogP contribution is -2.09. The summed E-state index contributed by atoms with van der Waals surface area (Å²) in [4.78, 5) is 1.38. The fraction of sp³-hybridized carbons (Fsp3) is 0.294. The van der Waals surface area contributed by atoms with Crippen LogP contribution in [0.15, 0.2) is 54.6 Å². The Kier molecular flexibility index (Phi) is 3.54. The topological polar surface area (TPSA) is 20.2 Å². The maximum Gasteiger partial charge on any atom is 0.0642 e. The first kappa shape index (κ1) is 12.6. The Balaban J connectivity index is 1.67. The summed E-state index contributed by atoms with van der Waals surface area (Å²) in [6, 6.07) is 10.7. The first-order chi connectivity index (χ1) is 9.22. The monoisotopic (exact) mass is 270 g/mol. The van der Waals surface area contributed by atoms with Crippen LogP contribution in [0, 0.1) is 5.92 Å². The van der Waals surface area contributed by atoms with Gasteiger partial charge in [0.25, 0.3) is 0 Å². The van der Waals surface area contributed by atoms with Crippen molar-refractivity contribution in [3.63, 3.8) is 0 Å². The summed E-state index contributed by atoms with van der Waals surface area (Å²) in [7, 11) is 0. The zero-order chi connectivity index (χ0) is 13.2. The van der Waals surface area contributed by atoms with Crippen molar-refractivity contribution in [1.29, 1.82) is 0 Å². The van der Waals surface area contributed by atoms with Crippen molar-refractivity contribution in [2.75, 3.05) is 0 Å². The van der Waals surface area contributed by atoms with E-state index in [-0.39, 0.29) is 12.0 Å². The first-order valence-corrected chi connectivity index (χ1v) is 7.53. The van der Waals surface area contributed by atoms with Gasteiger partial charge < -0.3 is 5.11 Å². The van der Waals surface area contributed by atoms with E-state index in [1.54, 1.807) is 0 Å². The Labute approximate surface area is 117 Å². The van der Waals surface area contributed by atoms with Gasteiger partial charge in [0.05, 0.1) is 6.10 Å². The molecular weight excluding hydrogens is 252 g/mol. The molecule has 98 valence electrons. The highest BCUT2D eigenvalue weighted by atomic mass is 32.1. The number of benzene rings is 1. The normalized spacial score (nSPS) is 23.7. The molecule has 1 fully saturated rings. The minimum Gasteiger partial charge on any atom is -0.392 e. The molecular formula is C17H18OS. The molecule has 0 bridgehead atoms. The smallest absolute Gasteiger partial charge is 0.0642 e. The lowest BCUT2D eigenvalue weighted by Gasteiger charge is -2.07. The van der Waals surface area contributed by atoms with Crippen molar-refractivity contribution < 1.29 is 5.11 Å². The molecule has 0 radical (unpaired) electrons. The van der Waals surface area contributed by atoms with Crippen LogP contribution in [-0.2, 0) is 6.42 Å². The van der Waals surface area contributed by atoms with Crippen LogP contribution in [0.25, 0.3) is 10.1 Å². The number of hydrogen-bond acceptors (Lipinski definition) is 2. The SMILES string of the molecule is C=C1C[C@@H](O)[C@H](/C=C/Cc2cc3ccccc3s2)C1. The van der Waals surface area contributed by atoms with Crippen LogP contribution < -0.4 is 0 Å². The van der Waals surface area contributed by atoms with Crippen molar-refractivity contribution in [2.45, 2.75) is 25.4 Å². The predicted molar refractivity (Wildman–Crippen MR) is 82.5 cm³/mol. The van der Waals surface area contributed by atoms with Gasteiger partial charge in [-0.25, -0.2) is 0 Å². The summed E-state index contributed by atoms with van der Waals surface area (Å²) in [6.45, 7) is 3.96. The lowest BCUT2D eigenvalue weighted by atomic mass is 10.0. The van der Waals surface area contributed by atoms with Gasteiger partial charge >= 0.3 is 0 Å². The highest BCUT2D eigenvalue weighted by Crippen LogP contribution is 2.31. The molecule has 1 aromatic carbocycles. The molecule has 1 saturated carbocycles. The molecule has 0 saturated heterocycles. The summed E-state index contributed by atoms with van der Waals surface area (Å²) in [5.41, 5.74) is 1.17. The molecule has 0 spiro atoms. The Morgan fingerprint density at radius 2 is 2.16 bits per heavy atom. The van der Waals surface area contributed by atoms with E-state index in [0.29, 0.717) is 0 Å². The van der Waals surface area contributed by atoms with E-state index >= 15 is 0 Å². The summed E-state index contributed by atoms with van der Waals surface area (Å²) in [5.74, 6) is 0.266. The maximum atomic E-state index is 9.86. The second-order valence-corrected chi connectivity index (χ2v) is 6.44. The third-order valence-electron chi connectivity index (χ3n) is 3.70. The molecule has 0 unspecified atom stereocenters. The molecule has 0 amide bonds. The molecule has 2 atom stereocenters. The van der Waals surface area contributed by atoms with E-state index in [9.17, 15) is 5.11 Å². The van der Waals surface area contributed by atoms with Crippen LogP contribution in [-0.4, -0.2) is 11.2 Å². The fourth-order valence-electron chi connectivity index (χ4n) is 2.69. The zero-order valence-electron chi connectivity index (χ0n) is 10.9. The van der Waals surface area contributed by atoms with Crippen LogP contribution in [0.3, 0.4) is 0 Å². The van der Waals surface area contributed by atoms with Gasteiger partial charge in [-0.05, 0) is 36.8 Å². The van der Waals surface area contributed by atoms with Gasteiger partial charge in [-0.3, -0.25) is 0 Å². The molecule has 1 nitrogen and oxygen atoms in total. The first-order valence-electron chi connectivity index (χ1n) is 6.71. The zero-order valence-corrected chi connectivity index (χ0v) is 11.7. The standard InChI is InChI=1S/C17H18OS/c1-12-9-13(16(18)10-12)6-4-7-15-11-14-5-2-3-8-17(14)19-15/h2-6,8,11,13,16,18H,1,7,9-10H2/b6-4+/t13-,16-/m1/s1. The van der Waals surface area contributed by atoms with Crippen LogP contribution in [0.2, 0.25) is 0 Å². The van der Waals surface area contributed by atoms with E-state index in [4.69, 9.17) is 0 Å². The van der Waals surface area contributed by atoms with Crippen molar-refractivity contribution in [3.8, 4) is 0 Å². The van der Waals surface area contributed by atoms with Crippen molar-refractivity contribution in [1.82, 2.24) is 0 Å². The third-order valence-corrected chi connectivity index (χ3v) is 4.83. The lowest BCUT2D eigenvalue weighted by molar-refractivity contribution is 0.154. The number of rotatable bonds is 3. The van der Waals surface area contributed by atoms with Gasteiger partial charge in [-0.1, -0.05) is 42.5 Å². The number of thiophene rings is 1. The second kappa shape index (κ2) is 5.32. The molecule has 19 heavy (non-hydrogen) atoms. The third kappa shape index (κ3) is 2.80. The van der Waals surface area contributed by atoms with Crippen LogP contribution >= 0.6 is 11.3 Å². The molecule has 2 aromatic rings. The van der Waals surface area contributed by atoms with E-state index in [2.05, 4.69) is 49.1 Å². The molecule has 1 aliphatic rings. The Morgan fingerprint density at radius 1 is 1.32 bits per heavy atom. The number of aliphatic hydroxyl groups is 1. The van der Waals surface area contributed by atoms with Gasteiger partial charge in [-0.15, -0.1) is 11.3 Å². The van der Waals surface area contributed by atoms with Gasteiger partial charge in [0.1, 0.15) is 0 Å². The fourth-order valence-corrected chi connectivity index (χ4v) is 3.73. The summed E-state index contributed by atoms with van der Waals surface area (Å²) < 4.78 is 1.35. The van der Waals surface area contributed by atoms with Gasteiger partial charge in [0.15, 0.2) is 0 Å². The molecule has 1 N–H and O–H groups in total. The van der Waals surface area contributed by atoms with E-state index < -0.39 is 0 Å². The van der Waals surface area contributed by atoms with E-state index in [0.717, 1.165) is 19.3 Å². The number of fused-ring (bicyclic) bond motifs is 1. The molecule has 1 heterocycles. The van der Waals surface area contributed by atoms with Crippen LogP contribution in [0.1, 0.15) is 17.7 Å². The quantitative estimate of drug-likeness (QED) is 0.823. The van der Waals surface area contributed by atoms with E-state index in [1.807, 2.05) is 11.3 Å². The van der Waals surface area contributed by atoms with Crippen LogP contribution in [0.5, 0.6) is 0 Å². The summed E-state index contributed by atoms with van der Waals surface area (Å²) in [5, 5.41) is 11.2. The highest BCUT2D eigenvalue weighted by molar-refractivity contribution is 7.19. The molecule has 3 rings (SSSR count). The summed E-state index contributed by atoms with van der Waals surface area (Å²) in [6.07, 6.45) is 6.77. The molecule has 0 aliphatic heterocycles. The van der Waals surface area contributed by atoms with Gasteiger partial charge in [0.2, 0.25) is 0 Å². The molecule has 1 aliphatic carbocycles. The average molecular weight is 270 g/mol.